The minimum absolute atomic E-state index is 0.467. The Morgan fingerprint density at radius 1 is 1.00 bits per heavy atom. The SMILES string of the molecule is CC(SSC(C)C(=O)NC(=O)O)C(=O)NCC(=O)O. The van der Waals surface area contributed by atoms with Gasteiger partial charge in [0.15, 0.2) is 0 Å². The van der Waals surface area contributed by atoms with Crippen molar-refractivity contribution in [2.45, 2.75) is 24.3 Å². The third kappa shape index (κ3) is 8.32. The second-order valence-corrected chi connectivity index (χ2v) is 6.34. The summed E-state index contributed by atoms with van der Waals surface area (Å²) in [6.07, 6.45) is -1.44. The van der Waals surface area contributed by atoms with Gasteiger partial charge in [-0.25, -0.2) is 4.79 Å². The molecule has 0 saturated carbocycles. The number of carboxylic acid groups (broad SMARTS) is 2. The van der Waals surface area contributed by atoms with Gasteiger partial charge in [-0.2, -0.15) is 0 Å². The summed E-state index contributed by atoms with van der Waals surface area (Å²) in [5, 5.41) is 19.4. The second kappa shape index (κ2) is 8.64. The Balaban J connectivity index is 4.04. The van der Waals surface area contributed by atoms with Crippen molar-refractivity contribution < 1.29 is 29.4 Å². The highest BCUT2D eigenvalue weighted by Crippen LogP contribution is 2.31. The Labute approximate surface area is 117 Å². The number of amides is 3. The molecule has 0 radical (unpaired) electrons. The number of carboxylic acids is 1. The first-order valence-electron chi connectivity index (χ1n) is 5.09. The molecule has 3 amide bonds. The van der Waals surface area contributed by atoms with E-state index < -0.39 is 40.9 Å². The molecule has 108 valence electrons. The molecule has 0 bridgehead atoms. The summed E-state index contributed by atoms with van der Waals surface area (Å²) in [5.41, 5.74) is 0. The average Bonchev–Trinajstić information content (AvgIpc) is 2.31. The van der Waals surface area contributed by atoms with Crippen LogP contribution in [0.25, 0.3) is 0 Å². The molecule has 0 saturated heterocycles. The average molecular weight is 310 g/mol. The fraction of sp³-hybridized carbons (Fsp3) is 0.556. The van der Waals surface area contributed by atoms with E-state index in [1.807, 2.05) is 0 Å². The van der Waals surface area contributed by atoms with Gasteiger partial charge in [-0.1, -0.05) is 21.6 Å². The Kier molecular flexibility index (Phi) is 8.00. The number of hydrogen-bond donors (Lipinski definition) is 4. The maximum Gasteiger partial charge on any atom is 0.411 e. The molecular formula is C9H14N2O6S2. The topological polar surface area (TPSA) is 133 Å². The number of nitrogens with one attached hydrogen (secondary N) is 2. The third-order valence-corrected chi connectivity index (χ3v) is 4.91. The van der Waals surface area contributed by atoms with E-state index in [2.05, 4.69) is 5.32 Å². The van der Waals surface area contributed by atoms with Crippen LogP contribution in [-0.4, -0.2) is 51.1 Å². The summed E-state index contributed by atoms with van der Waals surface area (Å²) in [5.74, 6) is -2.29. The predicted octanol–water partition coefficient (Wildman–Crippen LogP) is 0.140. The Morgan fingerprint density at radius 3 is 1.89 bits per heavy atom. The predicted molar refractivity (Wildman–Crippen MR) is 70.9 cm³/mol. The van der Waals surface area contributed by atoms with Gasteiger partial charge in [0, 0.05) is 0 Å². The molecule has 0 rings (SSSR count). The fourth-order valence-corrected chi connectivity index (χ4v) is 2.94. The van der Waals surface area contributed by atoms with E-state index in [-0.39, 0.29) is 0 Å². The highest BCUT2D eigenvalue weighted by atomic mass is 33.1. The summed E-state index contributed by atoms with van der Waals surface area (Å²) < 4.78 is 0. The summed E-state index contributed by atoms with van der Waals surface area (Å²) in [6.45, 7) is 2.58. The van der Waals surface area contributed by atoms with Gasteiger partial charge in [-0.05, 0) is 13.8 Å². The second-order valence-electron chi connectivity index (χ2n) is 3.38. The number of rotatable bonds is 7. The van der Waals surface area contributed by atoms with Crippen molar-refractivity contribution in [2.24, 2.45) is 0 Å². The van der Waals surface area contributed by atoms with E-state index in [9.17, 15) is 19.2 Å². The van der Waals surface area contributed by atoms with E-state index in [1.165, 1.54) is 6.92 Å². The molecule has 19 heavy (non-hydrogen) atoms. The van der Waals surface area contributed by atoms with E-state index in [4.69, 9.17) is 10.2 Å². The van der Waals surface area contributed by atoms with Crippen molar-refractivity contribution in [3.63, 3.8) is 0 Å². The van der Waals surface area contributed by atoms with Gasteiger partial charge < -0.3 is 15.5 Å². The lowest BCUT2D eigenvalue weighted by Gasteiger charge is -2.13. The molecule has 0 aliphatic heterocycles. The van der Waals surface area contributed by atoms with Gasteiger partial charge in [0.25, 0.3) is 0 Å². The van der Waals surface area contributed by atoms with Crippen LogP contribution in [0, 0.1) is 0 Å². The van der Waals surface area contributed by atoms with E-state index in [0.29, 0.717) is 0 Å². The van der Waals surface area contributed by atoms with Gasteiger partial charge in [-0.15, -0.1) is 0 Å². The van der Waals surface area contributed by atoms with Crippen LogP contribution >= 0.6 is 21.6 Å². The molecule has 2 atom stereocenters. The van der Waals surface area contributed by atoms with Gasteiger partial charge >= 0.3 is 12.1 Å². The fourth-order valence-electron chi connectivity index (χ4n) is 0.768. The highest BCUT2D eigenvalue weighted by Gasteiger charge is 2.20. The number of carbonyl (C=O) groups excluding carboxylic acids is 2. The first-order valence-corrected chi connectivity index (χ1v) is 7.37. The molecule has 0 aromatic carbocycles. The van der Waals surface area contributed by atoms with Crippen LogP contribution in [0.2, 0.25) is 0 Å². The normalized spacial score (nSPS) is 13.2. The molecule has 0 aliphatic carbocycles. The van der Waals surface area contributed by atoms with E-state index in [1.54, 1.807) is 12.2 Å². The van der Waals surface area contributed by atoms with Crippen molar-refractivity contribution in [3.8, 4) is 0 Å². The lowest BCUT2D eigenvalue weighted by atomic mass is 10.4. The minimum atomic E-state index is -1.44. The smallest absolute Gasteiger partial charge is 0.411 e. The summed E-state index contributed by atoms with van der Waals surface area (Å²) in [6, 6.07) is 0. The maximum atomic E-state index is 11.4. The largest absolute Gasteiger partial charge is 0.480 e. The number of aliphatic carboxylic acids is 1. The zero-order chi connectivity index (χ0) is 15.0. The highest BCUT2D eigenvalue weighted by molar-refractivity contribution is 8.77. The Morgan fingerprint density at radius 2 is 1.47 bits per heavy atom. The zero-order valence-corrected chi connectivity index (χ0v) is 11.8. The Bertz CT molecular complexity index is 376. The molecule has 0 aromatic rings. The Hall–Kier alpha value is -1.42. The first kappa shape index (κ1) is 17.6. The molecular weight excluding hydrogens is 296 g/mol. The molecule has 4 N–H and O–H groups in total. The quantitative estimate of drug-likeness (QED) is 0.488. The molecule has 10 heteroatoms. The first-order chi connectivity index (χ1) is 8.73. The molecule has 2 unspecified atom stereocenters. The van der Waals surface area contributed by atoms with E-state index in [0.717, 1.165) is 21.6 Å². The van der Waals surface area contributed by atoms with Gasteiger partial charge in [0.05, 0.1) is 10.5 Å². The van der Waals surface area contributed by atoms with Crippen molar-refractivity contribution in [1.29, 1.82) is 0 Å². The molecule has 0 heterocycles. The number of hydrogen-bond acceptors (Lipinski definition) is 6. The van der Waals surface area contributed by atoms with Crippen molar-refractivity contribution in [3.05, 3.63) is 0 Å². The van der Waals surface area contributed by atoms with Crippen LogP contribution in [0.3, 0.4) is 0 Å². The van der Waals surface area contributed by atoms with Gasteiger partial charge in [-0.3, -0.25) is 19.7 Å². The van der Waals surface area contributed by atoms with E-state index >= 15 is 0 Å². The minimum Gasteiger partial charge on any atom is -0.480 e. The summed E-state index contributed by atoms with van der Waals surface area (Å²) in [4.78, 5) is 43.1. The monoisotopic (exact) mass is 310 g/mol. The number of carbonyl (C=O) groups is 4. The van der Waals surface area contributed by atoms with Gasteiger partial charge in [0.2, 0.25) is 11.8 Å². The van der Waals surface area contributed by atoms with Crippen LogP contribution < -0.4 is 10.6 Å². The summed E-state index contributed by atoms with van der Waals surface area (Å²) in [7, 11) is 2.09. The van der Waals surface area contributed by atoms with Gasteiger partial charge in [0.1, 0.15) is 6.54 Å². The standard InChI is InChI=1S/C9H14N2O6S2/c1-4(7(14)10-3-6(12)13)18-19-5(2)8(15)11-9(16)17/h4-5H,3H2,1-2H3,(H,10,14)(H,11,15)(H,12,13)(H,16,17). The van der Waals surface area contributed by atoms with Crippen molar-refractivity contribution in [1.82, 2.24) is 10.6 Å². The van der Waals surface area contributed by atoms with Crippen LogP contribution in [0.4, 0.5) is 4.79 Å². The third-order valence-electron chi connectivity index (χ3n) is 1.73. The van der Waals surface area contributed by atoms with Crippen molar-refractivity contribution >= 4 is 45.5 Å². The maximum absolute atomic E-state index is 11.4. The lowest BCUT2D eigenvalue weighted by molar-refractivity contribution is -0.137. The zero-order valence-electron chi connectivity index (χ0n) is 10.2. The molecule has 0 spiro atoms. The van der Waals surface area contributed by atoms with Crippen LogP contribution in [0.5, 0.6) is 0 Å². The van der Waals surface area contributed by atoms with Crippen LogP contribution in [0.15, 0.2) is 0 Å². The molecule has 8 nitrogen and oxygen atoms in total. The number of imide groups is 1. The lowest BCUT2D eigenvalue weighted by Crippen LogP contribution is -2.36. The van der Waals surface area contributed by atoms with Crippen LogP contribution in [0.1, 0.15) is 13.8 Å². The summed E-state index contributed by atoms with van der Waals surface area (Å²) >= 11 is 0. The molecule has 0 aromatic heterocycles. The van der Waals surface area contributed by atoms with Crippen LogP contribution in [-0.2, 0) is 14.4 Å². The van der Waals surface area contributed by atoms with Crippen molar-refractivity contribution in [2.75, 3.05) is 6.54 Å². The molecule has 0 aliphatic rings. The molecule has 0 fully saturated rings.